The normalized spacial score (nSPS) is 17.5. The Morgan fingerprint density at radius 2 is 2.05 bits per heavy atom. The van der Waals surface area contributed by atoms with Crippen LogP contribution in [0.4, 0.5) is 0 Å². The van der Waals surface area contributed by atoms with Gasteiger partial charge in [-0.3, -0.25) is 4.90 Å². The van der Waals surface area contributed by atoms with E-state index in [1.165, 1.54) is 5.01 Å². The SMILES string of the molecule is CCc1nnc(C2CCN(Cc3nc(C(C)C)no3)CC2)s1. The highest BCUT2D eigenvalue weighted by Crippen LogP contribution is 2.30. The Bertz CT molecular complexity index is 601. The molecule has 7 heteroatoms. The Morgan fingerprint density at radius 1 is 1.27 bits per heavy atom. The van der Waals surface area contributed by atoms with E-state index >= 15 is 0 Å². The summed E-state index contributed by atoms with van der Waals surface area (Å²) in [5.41, 5.74) is 0. The van der Waals surface area contributed by atoms with Crippen molar-refractivity contribution in [1.82, 2.24) is 25.2 Å². The second-order valence-electron chi connectivity index (χ2n) is 6.14. The summed E-state index contributed by atoms with van der Waals surface area (Å²) in [6.07, 6.45) is 3.24. The molecule has 6 nitrogen and oxygen atoms in total. The third-order valence-electron chi connectivity index (χ3n) is 4.08. The first-order chi connectivity index (χ1) is 10.7. The fourth-order valence-corrected chi connectivity index (χ4v) is 3.62. The molecule has 0 amide bonds. The zero-order chi connectivity index (χ0) is 15.5. The average Bonchev–Trinajstić information content (AvgIpc) is 3.17. The highest BCUT2D eigenvalue weighted by molar-refractivity contribution is 7.11. The summed E-state index contributed by atoms with van der Waals surface area (Å²) in [5.74, 6) is 2.40. The molecule has 0 atom stereocenters. The molecule has 0 saturated carbocycles. The van der Waals surface area contributed by atoms with Crippen molar-refractivity contribution in [2.45, 2.75) is 58.4 Å². The fourth-order valence-electron chi connectivity index (χ4n) is 2.67. The van der Waals surface area contributed by atoms with E-state index in [-0.39, 0.29) is 0 Å². The van der Waals surface area contributed by atoms with E-state index in [0.717, 1.165) is 55.6 Å². The van der Waals surface area contributed by atoms with E-state index in [9.17, 15) is 0 Å². The van der Waals surface area contributed by atoms with Crippen molar-refractivity contribution in [3.05, 3.63) is 21.7 Å². The molecular formula is C15H23N5OS. The van der Waals surface area contributed by atoms with Crippen LogP contribution in [0.25, 0.3) is 0 Å². The molecule has 2 aromatic rings. The van der Waals surface area contributed by atoms with Gasteiger partial charge in [-0.25, -0.2) is 0 Å². The second-order valence-corrected chi connectivity index (χ2v) is 7.23. The first-order valence-corrected chi connectivity index (χ1v) is 8.84. The largest absolute Gasteiger partial charge is 0.338 e. The van der Waals surface area contributed by atoms with E-state index < -0.39 is 0 Å². The van der Waals surface area contributed by atoms with Crippen molar-refractivity contribution in [3.63, 3.8) is 0 Å². The van der Waals surface area contributed by atoms with Crippen LogP contribution in [0, 0.1) is 0 Å². The first kappa shape index (κ1) is 15.6. The van der Waals surface area contributed by atoms with Crippen LogP contribution in [-0.2, 0) is 13.0 Å². The van der Waals surface area contributed by atoms with Crippen LogP contribution in [0.3, 0.4) is 0 Å². The number of hydrogen-bond donors (Lipinski definition) is 0. The van der Waals surface area contributed by atoms with Gasteiger partial charge in [0.25, 0.3) is 0 Å². The molecule has 0 aliphatic carbocycles. The minimum absolute atomic E-state index is 0.313. The van der Waals surface area contributed by atoms with Gasteiger partial charge in [0.1, 0.15) is 10.0 Å². The van der Waals surface area contributed by atoms with E-state index in [4.69, 9.17) is 4.52 Å². The van der Waals surface area contributed by atoms with Crippen molar-refractivity contribution in [3.8, 4) is 0 Å². The van der Waals surface area contributed by atoms with Gasteiger partial charge in [-0.05, 0) is 32.4 Å². The number of aromatic nitrogens is 4. The van der Waals surface area contributed by atoms with Gasteiger partial charge >= 0.3 is 0 Å². The average molecular weight is 321 g/mol. The van der Waals surface area contributed by atoms with Crippen LogP contribution in [0.2, 0.25) is 0 Å². The van der Waals surface area contributed by atoms with Crippen LogP contribution in [0.1, 0.15) is 67.2 Å². The molecule has 0 N–H and O–H groups in total. The highest BCUT2D eigenvalue weighted by atomic mass is 32.1. The Hall–Kier alpha value is -1.34. The quantitative estimate of drug-likeness (QED) is 0.843. The van der Waals surface area contributed by atoms with Gasteiger partial charge in [0.2, 0.25) is 5.89 Å². The number of rotatable bonds is 5. The van der Waals surface area contributed by atoms with Crippen LogP contribution in [-0.4, -0.2) is 38.3 Å². The van der Waals surface area contributed by atoms with E-state index in [2.05, 4.69) is 46.0 Å². The van der Waals surface area contributed by atoms with Crippen molar-refractivity contribution in [1.29, 1.82) is 0 Å². The second kappa shape index (κ2) is 6.83. The summed E-state index contributed by atoms with van der Waals surface area (Å²) in [6, 6.07) is 0. The molecule has 0 unspecified atom stereocenters. The third kappa shape index (κ3) is 3.52. The Labute approximate surface area is 134 Å². The molecule has 2 aromatic heterocycles. The lowest BCUT2D eigenvalue weighted by molar-refractivity contribution is 0.180. The Morgan fingerprint density at radius 3 is 2.64 bits per heavy atom. The molecule has 0 spiro atoms. The monoisotopic (exact) mass is 321 g/mol. The van der Waals surface area contributed by atoms with Crippen LogP contribution < -0.4 is 0 Å². The molecule has 1 aliphatic heterocycles. The molecule has 120 valence electrons. The molecule has 0 radical (unpaired) electrons. The van der Waals surface area contributed by atoms with E-state index in [1.807, 2.05) is 0 Å². The summed E-state index contributed by atoms with van der Waals surface area (Å²) in [5, 5.41) is 15.0. The zero-order valence-electron chi connectivity index (χ0n) is 13.4. The first-order valence-electron chi connectivity index (χ1n) is 8.02. The van der Waals surface area contributed by atoms with Crippen molar-refractivity contribution in [2.24, 2.45) is 0 Å². The van der Waals surface area contributed by atoms with E-state index in [1.54, 1.807) is 11.3 Å². The number of hydrogen-bond acceptors (Lipinski definition) is 7. The van der Waals surface area contributed by atoms with Crippen molar-refractivity contribution in [2.75, 3.05) is 13.1 Å². The van der Waals surface area contributed by atoms with Crippen molar-refractivity contribution < 1.29 is 4.52 Å². The molecule has 3 rings (SSSR count). The lowest BCUT2D eigenvalue weighted by atomic mass is 9.98. The van der Waals surface area contributed by atoms with Crippen LogP contribution >= 0.6 is 11.3 Å². The summed E-state index contributed by atoms with van der Waals surface area (Å²) in [7, 11) is 0. The topological polar surface area (TPSA) is 67.9 Å². The molecule has 1 aliphatic rings. The lowest BCUT2D eigenvalue weighted by Crippen LogP contribution is -2.32. The van der Waals surface area contributed by atoms with Gasteiger partial charge in [-0.15, -0.1) is 21.5 Å². The molecule has 1 fully saturated rings. The van der Waals surface area contributed by atoms with Crippen LogP contribution in [0.15, 0.2) is 4.52 Å². The molecular weight excluding hydrogens is 298 g/mol. The van der Waals surface area contributed by atoms with E-state index in [0.29, 0.717) is 11.8 Å². The van der Waals surface area contributed by atoms with Gasteiger partial charge in [0.05, 0.1) is 6.54 Å². The molecule has 1 saturated heterocycles. The minimum atomic E-state index is 0.313. The van der Waals surface area contributed by atoms with Gasteiger partial charge < -0.3 is 4.52 Å². The maximum Gasteiger partial charge on any atom is 0.240 e. The van der Waals surface area contributed by atoms with Gasteiger partial charge in [-0.1, -0.05) is 25.9 Å². The fraction of sp³-hybridized carbons (Fsp3) is 0.733. The lowest BCUT2D eigenvalue weighted by Gasteiger charge is -2.29. The predicted octanol–water partition coefficient (Wildman–Crippen LogP) is 2.99. The summed E-state index contributed by atoms with van der Waals surface area (Å²) >= 11 is 1.77. The maximum atomic E-state index is 5.33. The standard InChI is InChI=1S/C15H23N5OS/c1-4-13-17-18-15(22-13)11-5-7-20(8-6-11)9-12-16-14(10(2)3)19-21-12/h10-11H,4-9H2,1-3H3. The van der Waals surface area contributed by atoms with Gasteiger partial charge in [-0.2, -0.15) is 4.98 Å². The Kier molecular flexibility index (Phi) is 4.83. The number of aryl methyl sites for hydroxylation is 1. The van der Waals surface area contributed by atoms with Gasteiger partial charge in [0.15, 0.2) is 5.82 Å². The zero-order valence-corrected chi connectivity index (χ0v) is 14.3. The maximum absolute atomic E-state index is 5.33. The minimum Gasteiger partial charge on any atom is -0.338 e. The van der Waals surface area contributed by atoms with Crippen LogP contribution in [0.5, 0.6) is 0 Å². The summed E-state index contributed by atoms with van der Waals surface area (Å²) < 4.78 is 5.33. The number of likely N-dealkylation sites (tertiary alicyclic amines) is 1. The molecule has 0 bridgehead atoms. The number of piperidine rings is 1. The van der Waals surface area contributed by atoms with Crippen molar-refractivity contribution >= 4 is 11.3 Å². The van der Waals surface area contributed by atoms with Gasteiger partial charge in [0, 0.05) is 11.8 Å². The number of nitrogens with zero attached hydrogens (tertiary/aromatic N) is 5. The summed E-state index contributed by atoms with van der Waals surface area (Å²) in [4.78, 5) is 6.84. The molecule has 22 heavy (non-hydrogen) atoms. The highest BCUT2D eigenvalue weighted by Gasteiger charge is 2.24. The molecule has 0 aromatic carbocycles. The summed E-state index contributed by atoms with van der Waals surface area (Å²) in [6.45, 7) is 9.13. The molecule has 3 heterocycles. The predicted molar refractivity (Wildman–Crippen MR) is 84.9 cm³/mol. The third-order valence-corrected chi connectivity index (χ3v) is 5.31. The smallest absolute Gasteiger partial charge is 0.240 e. The Balaban J connectivity index is 1.52.